The number of carbonyl (C=O) groups excluding carboxylic acids is 1. The van der Waals surface area contributed by atoms with Crippen molar-refractivity contribution in [3.63, 3.8) is 0 Å². The van der Waals surface area contributed by atoms with Gasteiger partial charge in [0.25, 0.3) is 5.91 Å². The van der Waals surface area contributed by atoms with E-state index in [1.165, 1.54) is 28.2 Å². The third-order valence-corrected chi connectivity index (χ3v) is 6.87. The molecule has 1 aliphatic rings. The van der Waals surface area contributed by atoms with E-state index < -0.39 is 0 Å². The summed E-state index contributed by atoms with van der Waals surface area (Å²) < 4.78 is 11.3. The van der Waals surface area contributed by atoms with Crippen molar-refractivity contribution < 1.29 is 13.9 Å². The van der Waals surface area contributed by atoms with Gasteiger partial charge in [0.05, 0.1) is 6.26 Å². The average molecular weight is 484 g/mol. The predicted molar refractivity (Wildman–Crippen MR) is 142 cm³/mol. The van der Waals surface area contributed by atoms with E-state index in [-0.39, 0.29) is 11.9 Å². The van der Waals surface area contributed by atoms with E-state index in [1.807, 2.05) is 17.0 Å². The molecule has 1 aliphatic heterocycles. The summed E-state index contributed by atoms with van der Waals surface area (Å²) in [4.78, 5) is 16.6. The van der Waals surface area contributed by atoms with Crippen LogP contribution in [-0.2, 0) is 6.54 Å². The normalized spacial score (nSPS) is 15.2. The molecular formula is C30H33N3O3. The Labute approximate surface area is 212 Å². The molecule has 1 saturated heterocycles. The molecule has 3 aromatic carbocycles. The van der Waals surface area contributed by atoms with Crippen molar-refractivity contribution in [3.05, 3.63) is 102 Å². The lowest BCUT2D eigenvalue weighted by molar-refractivity contribution is 0.0590. The van der Waals surface area contributed by atoms with Crippen molar-refractivity contribution in [3.8, 4) is 5.75 Å². The number of nitrogens with zero attached hydrogens (tertiary/aromatic N) is 2. The van der Waals surface area contributed by atoms with Crippen LogP contribution in [0.3, 0.4) is 0 Å². The van der Waals surface area contributed by atoms with Crippen LogP contribution >= 0.6 is 0 Å². The first-order valence-corrected chi connectivity index (χ1v) is 12.7. The van der Waals surface area contributed by atoms with Gasteiger partial charge in [-0.1, -0.05) is 54.6 Å². The number of amides is 1. The Hall–Kier alpha value is -3.61. The molecule has 1 atom stereocenters. The first-order valence-electron chi connectivity index (χ1n) is 12.7. The van der Waals surface area contributed by atoms with Gasteiger partial charge in [-0.05, 0) is 53.1 Å². The van der Waals surface area contributed by atoms with Gasteiger partial charge in [-0.15, -0.1) is 0 Å². The molecule has 5 rings (SSSR count). The number of ether oxygens (including phenoxy) is 1. The Morgan fingerprint density at radius 1 is 0.972 bits per heavy atom. The van der Waals surface area contributed by atoms with Gasteiger partial charge in [0.1, 0.15) is 12.4 Å². The van der Waals surface area contributed by atoms with Crippen molar-refractivity contribution in [1.29, 1.82) is 0 Å². The zero-order valence-electron chi connectivity index (χ0n) is 20.7. The second-order valence-corrected chi connectivity index (χ2v) is 9.28. The van der Waals surface area contributed by atoms with Gasteiger partial charge >= 0.3 is 0 Å². The number of furan rings is 1. The first-order chi connectivity index (χ1) is 17.7. The third-order valence-electron chi connectivity index (χ3n) is 6.87. The lowest BCUT2D eigenvalue weighted by Gasteiger charge is -2.34. The Morgan fingerprint density at radius 3 is 2.61 bits per heavy atom. The molecule has 1 N–H and O–H groups in total. The minimum absolute atomic E-state index is 0.0314. The Balaban J connectivity index is 1.07. The molecule has 0 radical (unpaired) electrons. The monoisotopic (exact) mass is 483 g/mol. The van der Waals surface area contributed by atoms with Crippen molar-refractivity contribution in [1.82, 2.24) is 15.1 Å². The molecule has 0 saturated carbocycles. The van der Waals surface area contributed by atoms with Gasteiger partial charge in [0, 0.05) is 45.3 Å². The molecule has 0 spiro atoms. The van der Waals surface area contributed by atoms with Crippen LogP contribution in [0.1, 0.15) is 34.6 Å². The van der Waals surface area contributed by atoms with E-state index in [0.29, 0.717) is 25.5 Å². The number of piperazine rings is 1. The summed E-state index contributed by atoms with van der Waals surface area (Å²) in [5.41, 5.74) is 2.51. The molecule has 4 aromatic rings. The van der Waals surface area contributed by atoms with Gasteiger partial charge in [-0.3, -0.25) is 9.69 Å². The molecule has 6 nitrogen and oxygen atoms in total. The SMILES string of the molecule is C[C@@H](NCc1cccc(OCCN2CCN(C(=O)c3ccco3)CC2)c1)c1cccc2ccccc12. The van der Waals surface area contributed by atoms with Crippen LogP contribution < -0.4 is 10.1 Å². The largest absolute Gasteiger partial charge is 0.492 e. The molecule has 2 heterocycles. The molecule has 0 aliphatic carbocycles. The minimum atomic E-state index is -0.0314. The Morgan fingerprint density at radius 2 is 1.78 bits per heavy atom. The van der Waals surface area contributed by atoms with Gasteiger partial charge in [-0.2, -0.15) is 0 Å². The number of benzene rings is 3. The summed E-state index contributed by atoms with van der Waals surface area (Å²) in [5.74, 6) is 1.27. The number of nitrogens with one attached hydrogen (secondary N) is 1. The lowest BCUT2D eigenvalue weighted by atomic mass is 9.99. The molecule has 1 fully saturated rings. The van der Waals surface area contributed by atoms with Crippen LogP contribution in [0.25, 0.3) is 10.8 Å². The summed E-state index contributed by atoms with van der Waals surface area (Å²) in [5, 5.41) is 6.23. The summed E-state index contributed by atoms with van der Waals surface area (Å²) in [6.07, 6.45) is 1.54. The second kappa shape index (κ2) is 11.4. The zero-order valence-corrected chi connectivity index (χ0v) is 20.7. The van der Waals surface area contributed by atoms with Crippen LogP contribution in [0.15, 0.2) is 89.5 Å². The van der Waals surface area contributed by atoms with Crippen molar-refractivity contribution in [2.75, 3.05) is 39.3 Å². The molecule has 1 aromatic heterocycles. The van der Waals surface area contributed by atoms with Gasteiger partial charge in [-0.25, -0.2) is 0 Å². The predicted octanol–water partition coefficient (Wildman–Crippen LogP) is 5.12. The number of carbonyl (C=O) groups is 1. The van der Waals surface area contributed by atoms with Crippen LogP contribution in [0.5, 0.6) is 5.75 Å². The molecule has 1 amide bonds. The highest BCUT2D eigenvalue weighted by molar-refractivity contribution is 5.91. The van der Waals surface area contributed by atoms with Crippen molar-refractivity contribution >= 4 is 16.7 Å². The first kappa shape index (κ1) is 24.1. The maximum absolute atomic E-state index is 12.4. The fraction of sp³-hybridized carbons (Fsp3) is 0.300. The van der Waals surface area contributed by atoms with E-state index in [4.69, 9.17) is 9.15 Å². The summed E-state index contributed by atoms with van der Waals surface area (Å²) in [6.45, 7) is 7.53. The number of hydrogen-bond donors (Lipinski definition) is 1. The Bertz CT molecular complexity index is 1270. The van der Waals surface area contributed by atoms with E-state index in [1.54, 1.807) is 12.1 Å². The van der Waals surface area contributed by atoms with E-state index >= 15 is 0 Å². The van der Waals surface area contributed by atoms with Crippen LogP contribution in [0, 0.1) is 0 Å². The highest BCUT2D eigenvalue weighted by Crippen LogP contribution is 2.24. The van der Waals surface area contributed by atoms with Crippen molar-refractivity contribution in [2.45, 2.75) is 19.5 Å². The lowest BCUT2D eigenvalue weighted by Crippen LogP contribution is -2.49. The average Bonchev–Trinajstić information content (AvgIpc) is 3.47. The number of rotatable bonds is 9. The van der Waals surface area contributed by atoms with Gasteiger partial charge in [0.15, 0.2) is 5.76 Å². The maximum atomic E-state index is 12.4. The molecular weight excluding hydrogens is 450 g/mol. The number of fused-ring (bicyclic) bond motifs is 1. The quantitative estimate of drug-likeness (QED) is 0.358. The smallest absolute Gasteiger partial charge is 0.289 e. The van der Waals surface area contributed by atoms with Crippen LogP contribution in [-0.4, -0.2) is 55.0 Å². The van der Waals surface area contributed by atoms with Gasteiger partial charge < -0.3 is 19.4 Å². The summed E-state index contributed by atoms with van der Waals surface area (Å²) >= 11 is 0. The maximum Gasteiger partial charge on any atom is 0.289 e. The molecule has 186 valence electrons. The van der Waals surface area contributed by atoms with Crippen molar-refractivity contribution in [2.24, 2.45) is 0 Å². The van der Waals surface area contributed by atoms with Crippen LogP contribution in [0.2, 0.25) is 0 Å². The van der Waals surface area contributed by atoms with Gasteiger partial charge in [0.2, 0.25) is 0 Å². The van der Waals surface area contributed by atoms with E-state index in [2.05, 4.69) is 71.7 Å². The highest BCUT2D eigenvalue weighted by atomic mass is 16.5. The zero-order chi connectivity index (χ0) is 24.7. The molecule has 0 bridgehead atoms. The molecule has 36 heavy (non-hydrogen) atoms. The fourth-order valence-electron chi connectivity index (χ4n) is 4.78. The molecule has 6 heteroatoms. The fourth-order valence-corrected chi connectivity index (χ4v) is 4.78. The minimum Gasteiger partial charge on any atom is -0.492 e. The number of hydrogen-bond acceptors (Lipinski definition) is 5. The van der Waals surface area contributed by atoms with E-state index in [0.717, 1.165) is 31.9 Å². The Kier molecular flexibility index (Phi) is 7.64. The molecule has 0 unspecified atom stereocenters. The third kappa shape index (κ3) is 5.78. The summed E-state index contributed by atoms with van der Waals surface area (Å²) in [6, 6.07) is 27.0. The van der Waals surface area contributed by atoms with Crippen LogP contribution in [0.4, 0.5) is 0 Å². The highest BCUT2D eigenvalue weighted by Gasteiger charge is 2.23. The standard InChI is InChI=1S/C30H33N3O3/c1-23(27-12-5-9-25-8-2-3-11-28(25)27)31-22-24-7-4-10-26(21-24)35-20-18-32-14-16-33(17-15-32)30(34)29-13-6-19-36-29/h2-13,19,21,23,31H,14-18,20,22H2,1H3/t23-/m1/s1. The second-order valence-electron chi connectivity index (χ2n) is 9.28. The van der Waals surface area contributed by atoms with E-state index in [9.17, 15) is 4.79 Å². The topological polar surface area (TPSA) is 58.0 Å². The summed E-state index contributed by atoms with van der Waals surface area (Å²) in [7, 11) is 0.